The van der Waals surface area contributed by atoms with Gasteiger partial charge in [-0.1, -0.05) is 23.7 Å². The van der Waals surface area contributed by atoms with Crippen LogP contribution >= 0.6 is 24.0 Å². The normalized spacial score (nSPS) is 19.2. The molecule has 0 bridgehead atoms. The number of nitrogens with zero attached hydrogens (tertiary/aromatic N) is 1. The molecule has 1 aliphatic heterocycles. The Morgan fingerprint density at radius 1 is 1.50 bits per heavy atom. The average molecular weight is 347 g/mol. The molecule has 0 spiro atoms. The molecule has 2 rings (SSSR count). The molecule has 2 atom stereocenters. The number of hydrogen-bond acceptors (Lipinski definition) is 3. The van der Waals surface area contributed by atoms with Crippen molar-refractivity contribution in [3.63, 3.8) is 0 Å². The molecule has 1 amide bonds. The van der Waals surface area contributed by atoms with E-state index in [0.29, 0.717) is 16.7 Å². The smallest absolute Gasteiger partial charge is 0.263 e. The third-order valence-electron chi connectivity index (χ3n) is 3.81. The van der Waals surface area contributed by atoms with E-state index in [1.807, 2.05) is 24.1 Å². The molecule has 1 N–H and O–H groups in total. The fourth-order valence-corrected chi connectivity index (χ4v) is 2.94. The van der Waals surface area contributed by atoms with E-state index in [9.17, 15) is 4.79 Å². The molecule has 1 fully saturated rings. The molecule has 6 heteroatoms. The number of nitrogens with one attached hydrogen (secondary N) is 1. The minimum absolute atomic E-state index is 0. The molecular formula is C16H24Cl2N2O2. The van der Waals surface area contributed by atoms with E-state index in [4.69, 9.17) is 16.3 Å². The zero-order valence-corrected chi connectivity index (χ0v) is 14.6. The number of ether oxygens (including phenoxy) is 1. The van der Waals surface area contributed by atoms with Crippen molar-refractivity contribution < 1.29 is 9.53 Å². The van der Waals surface area contributed by atoms with Crippen LogP contribution in [0.4, 0.5) is 0 Å². The number of benzene rings is 1. The highest BCUT2D eigenvalue weighted by molar-refractivity contribution is 6.32. The third kappa shape index (κ3) is 5.04. The van der Waals surface area contributed by atoms with Crippen molar-refractivity contribution in [3.05, 3.63) is 29.3 Å². The second-order valence-electron chi connectivity index (χ2n) is 5.54. The van der Waals surface area contributed by atoms with Crippen LogP contribution in [0.25, 0.3) is 0 Å². The molecular weight excluding hydrogens is 323 g/mol. The van der Waals surface area contributed by atoms with E-state index in [1.54, 1.807) is 19.1 Å². The van der Waals surface area contributed by atoms with Gasteiger partial charge in [0.15, 0.2) is 6.10 Å². The van der Waals surface area contributed by atoms with Crippen LogP contribution in [0.3, 0.4) is 0 Å². The fourth-order valence-electron chi connectivity index (χ4n) is 2.76. The quantitative estimate of drug-likeness (QED) is 0.890. The monoisotopic (exact) mass is 346 g/mol. The molecule has 0 saturated carbocycles. The van der Waals surface area contributed by atoms with Gasteiger partial charge in [-0.05, 0) is 51.4 Å². The van der Waals surface area contributed by atoms with E-state index >= 15 is 0 Å². The standard InChI is InChI=1S/C16H23ClN2O2.ClH/c1-12(21-15-8-4-3-7-14(15)17)16(20)19-9-5-6-13(11-19)10-18-2;/h3-4,7-8,12-13,18H,5-6,9-11H2,1-2H3;1H. The van der Waals surface area contributed by atoms with Gasteiger partial charge in [0.05, 0.1) is 5.02 Å². The van der Waals surface area contributed by atoms with Crippen LogP contribution in [0, 0.1) is 5.92 Å². The summed E-state index contributed by atoms with van der Waals surface area (Å²) in [5.74, 6) is 1.12. The van der Waals surface area contributed by atoms with Gasteiger partial charge in [-0.3, -0.25) is 4.79 Å². The lowest BCUT2D eigenvalue weighted by Crippen LogP contribution is -2.47. The maximum Gasteiger partial charge on any atom is 0.263 e. The summed E-state index contributed by atoms with van der Waals surface area (Å²) >= 11 is 6.07. The Kier molecular flexibility index (Phi) is 8.01. The summed E-state index contributed by atoms with van der Waals surface area (Å²) in [5, 5.41) is 3.72. The molecule has 0 radical (unpaired) electrons. The van der Waals surface area contributed by atoms with E-state index in [-0.39, 0.29) is 18.3 Å². The second-order valence-corrected chi connectivity index (χ2v) is 5.95. The van der Waals surface area contributed by atoms with Crippen molar-refractivity contribution in [2.75, 3.05) is 26.7 Å². The molecule has 0 aromatic heterocycles. The van der Waals surface area contributed by atoms with E-state index in [0.717, 1.165) is 26.1 Å². The number of hydrogen-bond donors (Lipinski definition) is 1. The molecule has 1 aliphatic rings. The number of amides is 1. The van der Waals surface area contributed by atoms with Crippen molar-refractivity contribution in [1.29, 1.82) is 0 Å². The van der Waals surface area contributed by atoms with E-state index in [1.165, 1.54) is 6.42 Å². The Labute approximate surface area is 143 Å². The Morgan fingerprint density at radius 2 is 2.23 bits per heavy atom. The second kappa shape index (κ2) is 9.23. The minimum Gasteiger partial charge on any atom is -0.479 e. The first-order chi connectivity index (χ1) is 10.1. The topological polar surface area (TPSA) is 41.6 Å². The Morgan fingerprint density at radius 3 is 2.91 bits per heavy atom. The third-order valence-corrected chi connectivity index (χ3v) is 4.12. The Bertz CT molecular complexity index is 483. The lowest BCUT2D eigenvalue weighted by molar-refractivity contribution is -0.139. The largest absolute Gasteiger partial charge is 0.479 e. The minimum atomic E-state index is -0.516. The van der Waals surface area contributed by atoms with Crippen LogP contribution in [0.15, 0.2) is 24.3 Å². The highest BCUT2D eigenvalue weighted by Gasteiger charge is 2.27. The van der Waals surface area contributed by atoms with Crippen molar-refractivity contribution in [2.45, 2.75) is 25.9 Å². The maximum atomic E-state index is 12.5. The number of piperidine rings is 1. The van der Waals surface area contributed by atoms with Crippen LogP contribution in [-0.2, 0) is 4.79 Å². The summed E-state index contributed by atoms with van der Waals surface area (Å²) in [6.45, 7) is 4.35. The SMILES string of the molecule is CNCC1CCCN(C(=O)C(C)Oc2ccccc2Cl)C1.Cl. The fraction of sp³-hybridized carbons (Fsp3) is 0.562. The molecule has 124 valence electrons. The molecule has 0 aliphatic carbocycles. The first kappa shape index (κ1) is 19.1. The van der Waals surface area contributed by atoms with Gasteiger partial charge in [0.25, 0.3) is 5.91 Å². The van der Waals surface area contributed by atoms with Gasteiger partial charge in [-0.2, -0.15) is 0 Å². The number of rotatable bonds is 5. The first-order valence-electron chi connectivity index (χ1n) is 7.46. The van der Waals surface area contributed by atoms with Gasteiger partial charge in [-0.15, -0.1) is 12.4 Å². The molecule has 1 aromatic carbocycles. The lowest BCUT2D eigenvalue weighted by Gasteiger charge is -2.34. The zero-order valence-electron chi connectivity index (χ0n) is 13.0. The first-order valence-corrected chi connectivity index (χ1v) is 7.84. The van der Waals surface area contributed by atoms with Gasteiger partial charge < -0.3 is 15.0 Å². The summed E-state index contributed by atoms with van der Waals surface area (Å²) in [6.07, 6.45) is 1.71. The van der Waals surface area contributed by atoms with Gasteiger partial charge >= 0.3 is 0 Å². The van der Waals surface area contributed by atoms with E-state index in [2.05, 4.69) is 5.32 Å². The molecule has 1 heterocycles. The van der Waals surface area contributed by atoms with Gasteiger partial charge in [0, 0.05) is 13.1 Å². The number of carbonyl (C=O) groups is 1. The van der Waals surface area contributed by atoms with Gasteiger partial charge in [0.2, 0.25) is 0 Å². The van der Waals surface area contributed by atoms with Crippen LogP contribution < -0.4 is 10.1 Å². The summed E-state index contributed by atoms with van der Waals surface area (Å²) < 4.78 is 5.72. The zero-order chi connectivity index (χ0) is 15.2. The molecule has 22 heavy (non-hydrogen) atoms. The predicted octanol–water partition coefficient (Wildman–Crippen LogP) is 2.99. The summed E-state index contributed by atoms with van der Waals surface area (Å²) in [4.78, 5) is 14.4. The Balaban J connectivity index is 0.00000242. The van der Waals surface area contributed by atoms with Crippen LogP contribution in [0.2, 0.25) is 5.02 Å². The lowest BCUT2D eigenvalue weighted by atomic mass is 9.97. The van der Waals surface area contributed by atoms with Crippen molar-refractivity contribution in [2.24, 2.45) is 5.92 Å². The summed E-state index contributed by atoms with van der Waals surface area (Å²) in [6, 6.07) is 7.24. The van der Waals surface area contributed by atoms with Crippen molar-refractivity contribution in [3.8, 4) is 5.75 Å². The van der Waals surface area contributed by atoms with Crippen LogP contribution in [0.5, 0.6) is 5.75 Å². The molecule has 1 aromatic rings. The molecule has 2 unspecified atom stereocenters. The molecule has 1 saturated heterocycles. The number of likely N-dealkylation sites (tertiary alicyclic amines) is 1. The summed E-state index contributed by atoms with van der Waals surface area (Å²) in [5.41, 5.74) is 0. The molecule has 4 nitrogen and oxygen atoms in total. The Hall–Kier alpha value is -0.970. The van der Waals surface area contributed by atoms with Gasteiger partial charge in [0.1, 0.15) is 5.75 Å². The van der Waals surface area contributed by atoms with Crippen LogP contribution in [0.1, 0.15) is 19.8 Å². The number of carbonyl (C=O) groups excluding carboxylic acids is 1. The van der Waals surface area contributed by atoms with Crippen molar-refractivity contribution >= 4 is 29.9 Å². The van der Waals surface area contributed by atoms with Crippen molar-refractivity contribution in [1.82, 2.24) is 10.2 Å². The number of halogens is 2. The van der Waals surface area contributed by atoms with Crippen LogP contribution in [-0.4, -0.2) is 43.6 Å². The summed E-state index contributed by atoms with van der Waals surface area (Å²) in [7, 11) is 1.95. The highest BCUT2D eigenvalue weighted by atomic mass is 35.5. The maximum absolute atomic E-state index is 12.5. The van der Waals surface area contributed by atoms with E-state index < -0.39 is 6.10 Å². The van der Waals surface area contributed by atoms with Gasteiger partial charge in [-0.25, -0.2) is 0 Å². The highest BCUT2D eigenvalue weighted by Crippen LogP contribution is 2.25. The number of para-hydroxylation sites is 1. The average Bonchev–Trinajstić information content (AvgIpc) is 2.49. The predicted molar refractivity (Wildman–Crippen MR) is 92.0 cm³/mol.